The van der Waals surface area contributed by atoms with Gasteiger partial charge in [0.15, 0.2) is 0 Å². The molecule has 0 saturated heterocycles. The number of fused-ring (bicyclic) bond motifs is 5. The molecule has 2 heteroatoms. The topological polar surface area (TPSA) is 20.3 Å². The summed E-state index contributed by atoms with van der Waals surface area (Å²) in [5.41, 5.74) is 5.15. The van der Waals surface area contributed by atoms with Gasteiger partial charge < -0.3 is 0 Å². The lowest BCUT2D eigenvalue weighted by Crippen LogP contribution is -2.35. The van der Waals surface area contributed by atoms with Crippen LogP contribution in [0.5, 0.6) is 0 Å². The fraction of sp³-hybridized carbons (Fsp3) is 0.167. The van der Waals surface area contributed by atoms with Crippen molar-refractivity contribution in [3.63, 3.8) is 0 Å². The van der Waals surface area contributed by atoms with Gasteiger partial charge in [0.2, 0.25) is 0 Å². The Labute approximate surface area is 118 Å². The van der Waals surface area contributed by atoms with Crippen LogP contribution in [0.15, 0.2) is 55.1 Å². The van der Waals surface area contributed by atoms with Crippen molar-refractivity contribution in [3.05, 3.63) is 71.8 Å². The molecule has 0 spiro atoms. The maximum absolute atomic E-state index is 12.7. The normalized spacial score (nSPS) is 23.4. The van der Waals surface area contributed by atoms with E-state index in [0.717, 1.165) is 28.0 Å². The molecule has 0 N–H and O–H groups in total. The van der Waals surface area contributed by atoms with Crippen molar-refractivity contribution in [2.45, 2.75) is 13.0 Å². The predicted octanol–water partition coefficient (Wildman–Crippen LogP) is 4.05. The van der Waals surface area contributed by atoms with Crippen molar-refractivity contribution in [2.24, 2.45) is 5.92 Å². The van der Waals surface area contributed by atoms with Crippen LogP contribution in [0.25, 0.3) is 5.57 Å². The van der Waals surface area contributed by atoms with Gasteiger partial charge in [-0.1, -0.05) is 49.9 Å². The number of para-hydroxylation sites is 1. The summed E-state index contributed by atoms with van der Waals surface area (Å²) in [6.45, 7) is 6.41. The quantitative estimate of drug-likeness (QED) is 0.700. The van der Waals surface area contributed by atoms with Crippen LogP contribution < -0.4 is 4.90 Å². The zero-order valence-corrected chi connectivity index (χ0v) is 11.3. The van der Waals surface area contributed by atoms with Gasteiger partial charge >= 0.3 is 0 Å². The van der Waals surface area contributed by atoms with Crippen molar-refractivity contribution in [2.75, 3.05) is 4.90 Å². The fourth-order valence-corrected chi connectivity index (χ4v) is 3.49. The van der Waals surface area contributed by atoms with Crippen LogP contribution in [0, 0.1) is 5.92 Å². The zero-order chi connectivity index (χ0) is 13.9. The molecule has 0 radical (unpaired) electrons. The zero-order valence-electron chi connectivity index (χ0n) is 11.3. The second kappa shape index (κ2) is 3.83. The van der Waals surface area contributed by atoms with Crippen molar-refractivity contribution >= 4 is 17.2 Å². The molecule has 2 heterocycles. The number of rotatable bonds is 0. The monoisotopic (exact) mass is 261 g/mol. The number of anilines is 1. The fourth-order valence-electron chi connectivity index (χ4n) is 3.49. The molecule has 0 saturated carbocycles. The first-order valence-corrected chi connectivity index (χ1v) is 6.91. The van der Waals surface area contributed by atoms with Gasteiger partial charge in [-0.15, -0.1) is 0 Å². The van der Waals surface area contributed by atoms with E-state index in [0.29, 0.717) is 0 Å². The summed E-state index contributed by atoms with van der Waals surface area (Å²) in [4.78, 5) is 14.7. The van der Waals surface area contributed by atoms with E-state index in [-0.39, 0.29) is 17.9 Å². The molecule has 0 aliphatic carbocycles. The lowest BCUT2D eigenvalue weighted by Gasteiger charge is -2.38. The summed E-state index contributed by atoms with van der Waals surface area (Å²) in [5.74, 6) is 0.342. The Balaban J connectivity index is 2.01. The molecule has 2 aromatic carbocycles. The first-order chi connectivity index (χ1) is 9.70. The average Bonchev–Trinajstić information content (AvgIpc) is 2.79. The summed E-state index contributed by atoms with van der Waals surface area (Å²) in [7, 11) is 0. The minimum atomic E-state index is 0.0844. The minimum absolute atomic E-state index is 0.0844. The number of amides is 1. The van der Waals surface area contributed by atoms with Crippen LogP contribution in [-0.4, -0.2) is 5.91 Å². The molecule has 4 rings (SSSR count). The second-order valence-electron chi connectivity index (χ2n) is 5.54. The van der Waals surface area contributed by atoms with Gasteiger partial charge in [0.05, 0.1) is 11.7 Å². The summed E-state index contributed by atoms with van der Waals surface area (Å²) < 4.78 is 0. The first-order valence-electron chi connectivity index (χ1n) is 6.91. The molecule has 0 fully saturated rings. The number of carbonyl (C=O) groups is 1. The third kappa shape index (κ3) is 1.26. The second-order valence-corrected chi connectivity index (χ2v) is 5.54. The van der Waals surface area contributed by atoms with E-state index < -0.39 is 0 Å². The minimum Gasteiger partial charge on any atom is -0.300 e. The van der Waals surface area contributed by atoms with Gasteiger partial charge in [-0.05, 0) is 23.3 Å². The maximum atomic E-state index is 12.7. The summed E-state index contributed by atoms with van der Waals surface area (Å²) in [6.07, 6.45) is 0. The van der Waals surface area contributed by atoms with Gasteiger partial charge in [0.1, 0.15) is 0 Å². The molecule has 20 heavy (non-hydrogen) atoms. The van der Waals surface area contributed by atoms with E-state index in [1.54, 1.807) is 0 Å². The first kappa shape index (κ1) is 11.5. The third-order valence-electron chi connectivity index (χ3n) is 4.54. The smallest absolute Gasteiger partial charge is 0.259 e. The Morgan fingerprint density at radius 1 is 1.00 bits per heavy atom. The van der Waals surface area contributed by atoms with E-state index in [9.17, 15) is 4.79 Å². The largest absolute Gasteiger partial charge is 0.300 e. The summed E-state index contributed by atoms with van der Waals surface area (Å²) in [6, 6.07) is 16.1. The van der Waals surface area contributed by atoms with Gasteiger partial charge in [-0.2, -0.15) is 0 Å². The molecule has 0 unspecified atom stereocenters. The van der Waals surface area contributed by atoms with Crippen molar-refractivity contribution < 1.29 is 4.79 Å². The maximum Gasteiger partial charge on any atom is 0.259 e. The highest BCUT2D eigenvalue weighted by molar-refractivity contribution is 6.13. The van der Waals surface area contributed by atoms with Crippen LogP contribution in [-0.2, 0) is 0 Å². The van der Waals surface area contributed by atoms with Crippen LogP contribution >= 0.6 is 0 Å². The molecule has 1 amide bonds. The van der Waals surface area contributed by atoms with Crippen LogP contribution in [0.3, 0.4) is 0 Å². The van der Waals surface area contributed by atoms with E-state index in [2.05, 4.69) is 25.6 Å². The van der Waals surface area contributed by atoms with E-state index in [1.807, 2.05) is 41.3 Å². The van der Waals surface area contributed by atoms with Crippen LogP contribution in [0.1, 0.15) is 34.5 Å². The van der Waals surface area contributed by atoms with Gasteiger partial charge in [-0.3, -0.25) is 9.69 Å². The Bertz CT molecular complexity index is 747. The molecule has 0 aromatic heterocycles. The number of hydrogen-bond donors (Lipinski definition) is 0. The highest BCUT2D eigenvalue weighted by Gasteiger charge is 2.45. The number of carbonyl (C=O) groups excluding carboxylic acids is 1. The lowest BCUT2D eigenvalue weighted by atomic mass is 9.81. The Morgan fingerprint density at radius 3 is 2.45 bits per heavy atom. The van der Waals surface area contributed by atoms with Gasteiger partial charge in [0, 0.05) is 17.0 Å². The highest BCUT2D eigenvalue weighted by Crippen LogP contribution is 2.51. The van der Waals surface area contributed by atoms with E-state index >= 15 is 0 Å². The van der Waals surface area contributed by atoms with Crippen LogP contribution in [0.4, 0.5) is 5.69 Å². The van der Waals surface area contributed by atoms with Crippen molar-refractivity contribution in [1.82, 2.24) is 0 Å². The molecule has 2 aliphatic rings. The molecule has 2 aliphatic heterocycles. The van der Waals surface area contributed by atoms with Crippen molar-refractivity contribution in [1.29, 1.82) is 0 Å². The summed E-state index contributed by atoms with van der Waals surface area (Å²) in [5, 5.41) is 0. The predicted molar refractivity (Wildman–Crippen MR) is 80.6 cm³/mol. The standard InChI is InChI=1S/C18H15NO/c1-11-12(2)17-14-8-3-4-9-15(14)18(20)19(17)16-10-6-5-7-13(11)16/h3-10,12,17H,1H2,2H3/t12-,17+/m1/s1. The summed E-state index contributed by atoms with van der Waals surface area (Å²) >= 11 is 0. The number of nitrogens with zero attached hydrogens (tertiary/aromatic N) is 1. The van der Waals surface area contributed by atoms with Crippen molar-refractivity contribution in [3.8, 4) is 0 Å². The number of benzene rings is 2. The molecule has 2 nitrogen and oxygen atoms in total. The molecular formula is C18H15NO. The van der Waals surface area contributed by atoms with Crippen LogP contribution in [0.2, 0.25) is 0 Å². The third-order valence-corrected chi connectivity index (χ3v) is 4.54. The molecular weight excluding hydrogens is 246 g/mol. The Hall–Kier alpha value is -2.35. The molecule has 98 valence electrons. The van der Waals surface area contributed by atoms with Gasteiger partial charge in [0.25, 0.3) is 5.91 Å². The molecule has 2 atom stereocenters. The van der Waals surface area contributed by atoms with E-state index in [1.165, 1.54) is 0 Å². The SMILES string of the molecule is C=C1c2ccccc2N2C(=O)c3ccccc3[C@@H]2[C@@H]1C. The molecule has 0 bridgehead atoms. The highest BCUT2D eigenvalue weighted by atomic mass is 16.2. The average molecular weight is 261 g/mol. The Kier molecular flexibility index (Phi) is 2.19. The van der Waals surface area contributed by atoms with E-state index in [4.69, 9.17) is 0 Å². The Morgan fingerprint density at radius 2 is 1.65 bits per heavy atom. The van der Waals surface area contributed by atoms with Gasteiger partial charge in [-0.25, -0.2) is 0 Å². The molecule has 2 aromatic rings. The number of hydrogen-bond acceptors (Lipinski definition) is 1. The lowest BCUT2D eigenvalue weighted by molar-refractivity contribution is 0.0987.